The maximum atomic E-state index is 13.3. The first-order chi connectivity index (χ1) is 12.6. The van der Waals surface area contributed by atoms with Crippen molar-refractivity contribution in [1.29, 1.82) is 0 Å². The number of ether oxygens (including phenoxy) is 1. The highest BCUT2D eigenvalue weighted by molar-refractivity contribution is 6.10. The fourth-order valence-electron chi connectivity index (χ4n) is 3.84. The summed E-state index contributed by atoms with van der Waals surface area (Å²) in [5.41, 5.74) is 2.73. The fraction of sp³-hybridized carbons (Fsp3) is 0.429. The largest absolute Gasteiger partial charge is 0.372 e. The van der Waals surface area contributed by atoms with Gasteiger partial charge in [0.05, 0.1) is 17.8 Å². The summed E-state index contributed by atoms with van der Waals surface area (Å²) in [5, 5.41) is 0. The lowest BCUT2D eigenvalue weighted by Gasteiger charge is -2.41. The number of pyridine rings is 1. The third kappa shape index (κ3) is 2.97. The van der Waals surface area contributed by atoms with Gasteiger partial charge in [0.1, 0.15) is 5.82 Å². The van der Waals surface area contributed by atoms with Gasteiger partial charge in [-0.25, -0.2) is 4.98 Å². The summed E-state index contributed by atoms with van der Waals surface area (Å²) in [6, 6.07) is 11.9. The van der Waals surface area contributed by atoms with E-state index in [4.69, 9.17) is 4.74 Å². The van der Waals surface area contributed by atoms with Crippen LogP contribution in [0.4, 0.5) is 11.5 Å². The highest BCUT2D eigenvalue weighted by Gasteiger charge is 2.34. The van der Waals surface area contributed by atoms with E-state index in [0.29, 0.717) is 12.2 Å². The van der Waals surface area contributed by atoms with Crippen LogP contribution in [0, 0.1) is 0 Å². The van der Waals surface area contributed by atoms with E-state index in [1.807, 2.05) is 35.2 Å². The second-order valence-corrected chi connectivity index (χ2v) is 7.28. The maximum absolute atomic E-state index is 13.3. The molecule has 5 heteroatoms. The van der Waals surface area contributed by atoms with Gasteiger partial charge in [-0.05, 0) is 43.5 Å². The minimum atomic E-state index is -0.198. The molecule has 0 bridgehead atoms. The number of para-hydroxylation sites is 1. The number of aromatic nitrogens is 1. The molecule has 136 valence electrons. The minimum absolute atomic E-state index is 0.0303. The minimum Gasteiger partial charge on any atom is -0.372 e. The third-order valence-corrected chi connectivity index (χ3v) is 5.53. The Hall–Kier alpha value is -2.40. The van der Waals surface area contributed by atoms with Gasteiger partial charge in [-0.3, -0.25) is 4.79 Å². The summed E-state index contributed by atoms with van der Waals surface area (Å²) in [4.78, 5) is 22.0. The van der Waals surface area contributed by atoms with Crippen molar-refractivity contribution in [1.82, 2.24) is 4.98 Å². The van der Waals surface area contributed by atoms with Crippen LogP contribution in [0.15, 0.2) is 42.6 Å². The number of carbonyl (C=O) groups is 1. The third-order valence-electron chi connectivity index (χ3n) is 5.53. The van der Waals surface area contributed by atoms with Gasteiger partial charge in [0.2, 0.25) is 0 Å². The molecule has 4 rings (SSSR count). The molecule has 5 nitrogen and oxygen atoms in total. The molecule has 1 unspecified atom stereocenters. The summed E-state index contributed by atoms with van der Waals surface area (Å²) >= 11 is 0. The molecule has 0 aliphatic carbocycles. The molecule has 1 aromatic heterocycles. The number of anilines is 2. The number of hydrogen-bond acceptors (Lipinski definition) is 4. The van der Waals surface area contributed by atoms with Crippen LogP contribution >= 0.6 is 0 Å². The van der Waals surface area contributed by atoms with Crippen LogP contribution in [0.2, 0.25) is 0 Å². The van der Waals surface area contributed by atoms with Gasteiger partial charge in [0.15, 0.2) is 0 Å². The van der Waals surface area contributed by atoms with Crippen molar-refractivity contribution in [2.24, 2.45) is 0 Å². The van der Waals surface area contributed by atoms with Crippen molar-refractivity contribution in [3.63, 3.8) is 0 Å². The van der Waals surface area contributed by atoms with Crippen molar-refractivity contribution in [2.75, 3.05) is 36.0 Å². The van der Waals surface area contributed by atoms with Crippen molar-refractivity contribution in [3.05, 3.63) is 53.7 Å². The summed E-state index contributed by atoms with van der Waals surface area (Å²) in [5.74, 6) is 0.799. The molecule has 26 heavy (non-hydrogen) atoms. The smallest absolute Gasteiger partial charge is 0.262 e. The first kappa shape index (κ1) is 17.0. The Balaban J connectivity index is 1.65. The fourth-order valence-corrected chi connectivity index (χ4v) is 3.84. The summed E-state index contributed by atoms with van der Waals surface area (Å²) in [6.45, 7) is 7.14. The zero-order valence-corrected chi connectivity index (χ0v) is 15.4. The zero-order chi connectivity index (χ0) is 18.1. The SMILES string of the molecule is CCC1(C)CN(c2ncccc2C(=O)N2CCc3ccccc32)CCO1. The summed E-state index contributed by atoms with van der Waals surface area (Å²) in [7, 11) is 0. The molecular formula is C21H25N3O2. The number of benzene rings is 1. The Morgan fingerprint density at radius 2 is 2.08 bits per heavy atom. The van der Waals surface area contributed by atoms with E-state index in [-0.39, 0.29) is 11.5 Å². The van der Waals surface area contributed by atoms with Gasteiger partial charge in [-0.15, -0.1) is 0 Å². The summed E-state index contributed by atoms with van der Waals surface area (Å²) in [6.07, 6.45) is 3.60. The average molecular weight is 351 g/mol. The molecule has 1 fully saturated rings. The van der Waals surface area contributed by atoms with Crippen LogP contribution in [0.25, 0.3) is 0 Å². The standard InChI is InChI=1S/C21H25N3O2/c1-3-21(2)15-23(13-14-26-21)19-17(8-6-11-22-19)20(25)24-12-10-16-7-4-5-9-18(16)24/h4-9,11H,3,10,12-15H2,1-2H3. The topological polar surface area (TPSA) is 45.7 Å². The van der Waals surface area contributed by atoms with Gasteiger partial charge >= 0.3 is 0 Å². The first-order valence-corrected chi connectivity index (χ1v) is 9.35. The van der Waals surface area contributed by atoms with E-state index in [2.05, 4.69) is 29.8 Å². The van der Waals surface area contributed by atoms with Crippen molar-refractivity contribution in [2.45, 2.75) is 32.3 Å². The molecule has 1 aromatic carbocycles. The Morgan fingerprint density at radius 3 is 2.92 bits per heavy atom. The molecule has 2 aromatic rings. The molecule has 2 aliphatic rings. The van der Waals surface area contributed by atoms with Gasteiger partial charge in [-0.1, -0.05) is 25.1 Å². The van der Waals surface area contributed by atoms with E-state index < -0.39 is 0 Å². The second kappa shape index (κ2) is 6.72. The maximum Gasteiger partial charge on any atom is 0.262 e. The van der Waals surface area contributed by atoms with E-state index >= 15 is 0 Å². The van der Waals surface area contributed by atoms with Crippen molar-refractivity contribution < 1.29 is 9.53 Å². The molecule has 3 heterocycles. The average Bonchev–Trinajstić information content (AvgIpc) is 3.12. The van der Waals surface area contributed by atoms with E-state index in [0.717, 1.165) is 44.0 Å². The van der Waals surface area contributed by atoms with Crippen molar-refractivity contribution in [3.8, 4) is 0 Å². The Morgan fingerprint density at radius 1 is 1.23 bits per heavy atom. The monoisotopic (exact) mass is 351 g/mol. The van der Waals surface area contributed by atoms with Gasteiger partial charge < -0.3 is 14.5 Å². The first-order valence-electron chi connectivity index (χ1n) is 9.35. The van der Waals surface area contributed by atoms with Crippen LogP contribution in [0.3, 0.4) is 0 Å². The lowest BCUT2D eigenvalue weighted by Crippen LogP contribution is -2.50. The molecular weight excluding hydrogens is 326 g/mol. The van der Waals surface area contributed by atoms with Gasteiger partial charge in [0, 0.05) is 31.5 Å². The number of carbonyl (C=O) groups excluding carboxylic acids is 1. The van der Waals surface area contributed by atoms with Gasteiger partial charge in [-0.2, -0.15) is 0 Å². The number of fused-ring (bicyclic) bond motifs is 1. The van der Waals surface area contributed by atoms with Gasteiger partial charge in [0.25, 0.3) is 5.91 Å². The Kier molecular flexibility index (Phi) is 4.41. The molecule has 0 saturated carbocycles. The van der Waals surface area contributed by atoms with E-state index in [1.165, 1.54) is 5.56 Å². The number of morpholine rings is 1. The van der Waals surface area contributed by atoms with Crippen LogP contribution in [-0.2, 0) is 11.2 Å². The van der Waals surface area contributed by atoms with Crippen molar-refractivity contribution >= 4 is 17.4 Å². The zero-order valence-electron chi connectivity index (χ0n) is 15.4. The number of amides is 1. The van der Waals surface area contributed by atoms with Crippen LogP contribution in [0.5, 0.6) is 0 Å². The highest BCUT2D eigenvalue weighted by atomic mass is 16.5. The predicted molar refractivity (Wildman–Crippen MR) is 103 cm³/mol. The van der Waals surface area contributed by atoms with Crippen LogP contribution < -0.4 is 9.80 Å². The number of hydrogen-bond donors (Lipinski definition) is 0. The number of nitrogens with zero attached hydrogens (tertiary/aromatic N) is 3. The van der Waals surface area contributed by atoms with Crippen LogP contribution in [0.1, 0.15) is 36.2 Å². The second-order valence-electron chi connectivity index (χ2n) is 7.28. The number of rotatable bonds is 3. The lowest BCUT2D eigenvalue weighted by molar-refractivity contribution is -0.0443. The molecule has 1 atom stereocenters. The Labute approximate surface area is 154 Å². The molecule has 0 spiro atoms. The summed E-state index contributed by atoms with van der Waals surface area (Å²) < 4.78 is 5.95. The molecule has 1 amide bonds. The van der Waals surface area contributed by atoms with E-state index in [9.17, 15) is 4.79 Å². The quantitative estimate of drug-likeness (QED) is 0.851. The predicted octanol–water partition coefficient (Wildman–Crippen LogP) is 3.29. The Bertz CT molecular complexity index is 822. The lowest BCUT2D eigenvalue weighted by atomic mass is 10.0. The van der Waals surface area contributed by atoms with Crippen LogP contribution in [-0.4, -0.2) is 42.7 Å². The normalized spacial score (nSPS) is 22.4. The molecule has 1 saturated heterocycles. The molecule has 0 N–H and O–H groups in total. The highest BCUT2D eigenvalue weighted by Crippen LogP contribution is 2.32. The van der Waals surface area contributed by atoms with E-state index in [1.54, 1.807) is 6.20 Å². The molecule has 0 radical (unpaired) electrons. The molecule has 2 aliphatic heterocycles.